The molecule has 0 amide bonds. The average Bonchev–Trinajstić information content (AvgIpc) is 2.20. The van der Waals surface area contributed by atoms with E-state index in [4.69, 9.17) is 5.73 Å². The van der Waals surface area contributed by atoms with E-state index in [2.05, 4.69) is 22.4 Å². The number of nitrogen functional groups attached to an aromatic ring is 1. The number of hydrogen-bond donors (Lipinski definition) is 3. The molecule has 1 rings (SSSR count). The van der Waals surface area contributed by atoms with Crippen LogP contribution in [-0.4, -0.2) is 19.8 Å². The van der Waals surface area contributed by atoms with Gasteiger partial charge in [-0.2, -0.15) is 0 Å². The molecule has 0 saturated heterocycles. The van der Waals surface area contributed by atoms with E-state index >= 15 is 0 Å². The number of esters is 1. The summed E-state index contributed by atoms with van der Waals surface area (Å²) in [6.07, 6.45) is 0. The van der Waals surface area contributed by atoms with Crippen LogP contribution in [0.25, 0.3) is 0 Å². The van der Waals surface area contributed by atoms with Crippen molar-refractivity contribution in [3.63, 3.8) is 0 Å². The average molecular weight is 209 g/mol. The van der Waals surface area contributed by atoms with Gasteiger partial charge in [0.15, 0.2) is 0 Å². The fourth-order valence-corrected chi connectivity index (χ4v) is 1.15. The molecule has 3 N–H and O–H groups in total. The summed E-state index contributed by atoms with van der Waals surface area (Å²) in [6, 6.07) is 4.86. The van der Waals surface area contributed by atoms with Crippen LogP contribution in [0.1, 0.15) is 10.4 Å². The maximum absolute atomic E-state index is 11.1. The van der Waals surface area contributed by atoms with E-state index in [1.165, 1.54) is 13.8 Å². The predicted molar refractivity (Wildman–Crippen MR) is 60.6 cm³/mol. The highest BCUT2D eigenvalue weighted by atomic mass is 32.1. The van der Waals surface area contributed by atoms with Crippen LogP contribution in [0.2, 0.25) is 0 Å². The smallest absolute Gasteiger partial charge is 0.337 e. The lowest BCUT2D eigenvalue weighted by atomic mass is 10.1. The molecule has 0 saturated carbocycles. The van der Waals surface area contributed by atoms with Gasteiger partial charge in [0, 0.05) is 5.69 Å². The number of rotatable bonds is 3. The van der Waals surface area contributed by atoms with Crippen LogP contribution in [0, 0.1) is 0 Å². The Labute approximate surface area is 88.4 Å². The van der Waals surface area contributed by atoms with E-state index < -0.39 is 5.97 Å². The van der Waals surface area contributed by atoms with Crippen LogP contribution < -0.4 is 11.0 Å². The van der Waals surface area contributed by atoms with Crippen molar-refractivity contribution < 1.29 is 9.53 Å². The molecule has 0 bridgehead atoms. The highest BCUT2D eigenvalue weighted by Crippen LogP contribution is 2.19. The molecule has 0 unspecified atom stereocenters. The van der Waals surface area contributed by atoms with Gasteiger partial charge < -0.3 is 15.7 Å². The largest absolute Gasteiger partial charge is 0.465 e. The lowest BCUT2D eigenvalue weighted by molar-refractivity contribution is 0.0601. The molecule has 0 heterocycles. The molecule has 6 heteroatoms. The van der Waals surface area contributed by atoms with Crippen LogP contribution in [0.3, 0.4) is 0 Å². The van der Waals surface area contributed by atoms with E-state index in [1.54, 1.807) is 18.2 Å². The highest BCUT2D eigenvalue weighted by molar-refractivity contribution is 8.07. The summed E-state index contributed by atoms with van der Waals surface area (Å²) in [7, 11) is 1.33. The third-order valence-corrected chi connectivity index (χ3v) is 1.82. The van der Waals surface area contributed by atoms with Crippen molar-refractivity contribution in [2.24, 2.45) is 0 Å². The zero-order valence-corrected chi connectivity index (χ0v) is 8.54. The van der Waals surface area contributed by atoms with Crippen molar-refractivity contribution in [1.82, 2.24) is 0 Å². The van der Waals surface area contributed by atoms with Crippen molar-refractivity contribution in [2.75, 3.05) is 18.1 Å². The Kier molecular flexibility index (Phi) is 3.70. The Morgan fingerprint density at radius 1 is 1.64 bits per heavy atom. The van der Waals surface area contributed by atoms with Gasteiger partial charge in [-0.05, 0) is 18.2 Å². The minimum absolute atomic E-state index is 0.405. The van der Waals surface area contributed by atoms with E-state index in [9.17, 15) is 4.79 Å². The second kappa shape index (κ2) is 4.81. The molecular weight excluding hydrogens is 199 g/mol. The van der Waals surface area contributed by atoms with Crippen LogP contribution in [0.4, 0.5) is 11.4 Å². The van der Waals surface area contributed by atoms with Crippen LogP contribution in [0.5, 0.6) is 0 Å². The molecule has 4 nitrogen and oxygen atoms in total. The van der Waals surface area contributed by atoms with Crippen molar-refractivity contribution in [2.45, 2.75) is 0 Å². The van der Waals surface area contributed by atoms with Crippen molar-refractivity contribution in [3.05, 3.63) is 23.8 Å². The van der Waals surface area contributed by atoms with Crippen molar-refractivity contribution in [3.8, 4) is 0 Å². The Hall–Kier alpha value is -1.30. The molecule has 73 valence electrons. The summed E-state index contributed by atoms with van der Waals surface area (Å²) in [5.74, 6) is -0.405. The molecule has 0 aromatic heterocycles. The molecule has 1 radical (unpaired) electrons. The summed E-state index contributed by atoms with van der Waals surface area (Å²) in [5, 5.41) is 2.82. The second-order valence-electron chi connectivity index (χ2n) is 2.57. The molecule has 14 heavy (non-hydrogen) atoms. The number of carbonyl (C=O) groups excluding carboxylic acids is 1. The van der Waals surface area contributed by atoms with Gasteiger partial charge in [0.2, 0.25) is 0 Å². The minimum atomic E-state index is -0.405. The van der Waals surface area contributed by atoms with Crippen LogP contribution >= 0.6 is 12.5 Å². The minimum Gasteiger partial charge on any atom is -0.465 e. The van der Waals surface area contributed by atoms with Gasteiger partial charge in [0.25, 0.3) is 0 Å². The highest BCUT2D eigenvalue weighted by Gasteiger charge is 2.07. The number of hydrogen-bond acceptors (Lipinski definition) is 5. The van der Waals surface area contributed by atoms with Crippen molar-refractivity contribution >= 4 is 36.5 Å². The summed E-state index contributed by atoms with van der Waals surface area (Å²) in [6.45, 7) is 1.46. The first-order chi connectivity index (χ1) is 6.69. The van der Waals surface area contributed by atoms with E-state index in [0.29, 0.717) is 16.9 Å². The fraction of sp³-hybridized carbons (Fsp3) is 0.125. The molecule has 0 aliphatic heterocycles. The third-order valence-electron chi connectivity index (χ3n) is 1.69. The molecule has 1 aromatic rings. The number of anilines is 2. The normalized spacial score (nSPS) is 9.29. The molecule has 0 atom stereocenters. The van der Waals surface area contributed by atoms with Gasteiger partial charge in [-0.15, -0.1) is 0 Å². The fourth-order valence-electron chi connectivity index (χ4n) is 1.01. The lowest BCUT2D eigenvalue weighted by Gasteiger charge is -2.07. The van der Waals surface area contributed by atoms with Crippen LogP contribution in [0.15, 0.2) is 18.2 Å². The first-order valence-corrected chi connectivity index (χ1v) is 4.41. The number of nitrogens with two attached hydrogens (primary N) is 1. The molecule has 1 aromatic carbocycles. The summed E-state index contributed by atoms with van der Waals surface area (Å²) < 4.78 is 4.55. The van der Waals surface area contributed by atoms with Gasteiger partial charge in [0.1, 0.15) is 0 Å². The molecule has 0 fully saturated rings. The number of nitrogens with one attached hydrogen (secondary N) is 1. The molecular formula is C8H10BN2O2S. The summed E-state index contributed by atoms with van der Waals surface area (Å²) >= 11 is 3.88. The number of methoxy groups -OCH3 is 1. The van der Waals surface area contributed by atoms with E-state index in [0.717, 1.165) is 0 Å². The van der Waals surface area contributed by atoms with Gasteiger partial charge >= 0.3 is 12.7 Å². The van der Waals surface area contributed by atoms with Crippen molar-refractivity contribution in [1.29, 1.82) is 0 Å². The summed E-state index contributed by atoms with van der Waals surface area (Å²) in [4.78, 5) is 11.1. The Morgan fingerprint density at radius 3 is 2.86 bits per heavy atom. The van der Waals surface area contributed by atoms with Crippen LogP contribution in [-0.2, 0) is 4.74 Å². The predicted octanol–water partition coefficient (Wildman–Crippen LogP) is 0.931. The standard InChI is InChI=1S/C8H10BN2O2S/c1-13-8(12)5-2-3-7(11-9-14)6(10)4-5/h2-4,11,14H,10H2,1H3. The van der Waals surface area contributed by atoms with E-state index in [1.807, 2.05) is 0 Å². The topological polar surface area (TPSA) is 64.3 Å². The lowest BCUT2D eigenvalue weighted by Crippen LogP contribution is -2.06. The first-order valence-electron chi connectivity index (χ1n) is 3.89. The number of carbonyl (C=O) groups is 1. The van der Waals surface area contributed by atoms with Gasteiger partial charge in [0.05, 0.1) is 18.4 Å². The maximum atomic E-state index is 11.1. The monoisotopic (exact) mass is 209 g/mol. The Morgan fingerprint density at radius 2 is 2.36 bits per heavy atom. The summed E-state index contributed by atoms with van der Waals surface area (Å²) in [5.41, 5.74) is 7.27. The quantitative estimate of drug-likeness (QED) is 0.300. The number of thiol groups is 1. The zero-order chi connectivity index (χ0) is 10.6. The molecule has 0 aliphatic rings. The maximum Gasteiger partial charge on any atom is 0.337 e. The first kappa shape index (κ1) is 10.8. The second-order valence-corrected chi connectivity index (χ2v) is 2.83. The third kappa shape index (κ3) is 2.35. The van der Waals surface area contributed by atoms with Gasteiger partial charge in [-0.25, -0.2) is 17.3 Å². The molecule has 0 aliphatic carbocycles. The van der Waals surface area contributed by atoms with E-state index in [-0.39, 0.29) is 0 Å². The Bertz CT molecular complexity index is 346. The number of ether oxygens (including phenoxy) is 1. The number of benzene rings is 1. The Balaban J connectivity index is 2.94. The van der Waals surface area contributed by atoms with Gasteiger partial charge in [-0.3, -0.25) is 0 Å². The molecule has 0 spiro atoms. The zero-order valence-electron chi connectivity index (χ0n) is 7.65. The van der Waals surface area contributed by atoms with Gasteiger partial charge in [-0.1, -0.05) is 0 Å². The SMILES string of the molecule is COC(=O)c1ccc(N[B]S)c(N)c1.